The van der Waals surface area contributed by atoms with Crippen molar-refractivity contribution in [3.05, 3.63) is 121 Å². The fraction of sp³-hybridized carbons (Fsp3) is 0.111. The first-order valence-corrected chi connectivity index (χ1v) is 12.5. The zero-order chi connectivity index (χ0) is 22.1. The van der Waals surface area contributed by atoms with Gasteiger partial charge in [0.25, 0.3) is 0 Å². The minimum atomic E-state index is -3.55. The summed E-state index contributed by atoms with van der Waals surface area (Å²) in [7, 11) is -3.55. The van der Waals surface area contributed by atoms with Gasteiger partial charge in [0.1, 0.15) is 23.0 Å². The Morgan fingerprint density at radius 1 is 0.500 bits per heavy atom. The molecule has 0 radical (unpaired) electrons. The van der Waals surface area contributed by atoms with E-state index in [2.05, 4.69) is 0 Å². The van der Waals surface area contributed by atoms with Gasteiger partial charge < -0.3 is 18.0 Å². The van der Waals surface area contributed by atoms with E-state index in [9.17, 15) is 0 Å². The minimum absolute atomic E-state index is 0.453. The molecule has 0 heterocycles. The SMILES string of the molecule is CCC(Oc1ccccc1)[Si](Oc1ccccc1)(Oc1ccccc1)Oc1ccccc1. The van der Waals surface area contributed by atoms with Crippen molar-refractivity contribution in [3.63, 3.8) is 0 Å². The van der Waals surface area contributed by atoms with Crippen LogP contribution in [-0.2, 0) is 0 Å². The molecule has 0 bridgehead atoms. The molecule has 4 rings (SSSR count). The number of hydrogen-bond acceptors (Lipinski definition) is 4. The maximum absolute atomic E-state index is 6.60. The van der Waals surface area contributed by atoms with Crippen LogP contribution in [0, 0.1) is 0 Å². The summed E-state index contributed by atoms with van der Waals surface area (Å²) in [4.78, 5) is 0. The molecular formula is C27H26O4Si. The molecule has 5 heteroatoms. The number of para-hydroxylation sites is 4. The molecule has 4 aromatic carbocycles. The molecule has 0 fully saturated rings. The summed E-state index contributed by atoms with van der Waals surface area (Å²) in [6, 6.07) is 38.5. The molecular weight excluding hydrogens is 416 g/mol. The van der Waals surface area contributed by atoms with Crippen molar-refractivity contribution in [1.29, 1.82) is 0 Å². The van der Waals surface area contributed by atoms with Crippen LogP contribution < -0.4 is 18.0 Å². The molecule has 0 N–H and O–H groups in total. The Balaban J connectivity index is 1.79. The van der Waals surface area contributed by atoms with Crippen molar-refractivity contribution in [2.24, 2.45) is 0 Å². The van der Waals surface area contributed by atoms with Crippen LogP contribution in [0.25, 0.3) is 0 Å². The Morgan fingerprint density at radius 3 is 1.12 bits per heavy atom. The Kier molecular flexibility index (Phi) is 7.10. The highest BCUT2D eigenvalue weighted by Crippen LogP contribution is 2.29. The van der Waals surface area contributed by atoms with Crippen molar-refractivity contribution in [1.82, 2.24) is 0 Å². The maximum Gasteiger partial charge on any atom is 0.742 e. The van der Waals surface area contributed by atoms with Gasteiger partial charge in [0, 0.05) is 0 Å². The summed E-state index contributed by atoms with van der Waals surface area (Å²) in [6.07, 6.45) is 0.633. The monoisotopic (exact) mass is 442 g/mol. The Labute approximate surface area is 190 Å². The summed E-state index contributed by atoms with van der Waals surface area (Å²) in [5.41, 5.74) is -0.453. The number of ether oxygens (including phenoxy) is 1. The molecule has 0 aromatic heterocycles. The van der Waals surface area contributed by atoms with Gasteiger partial charge in [-0.1, -0.05) is 79.7 Å². The summed E-state index contributed by atoms with van der Waals surface area (Å²) in [5.74, 6) is 2.74. The fourth-order valence-corrected chi connectivity index (χ4v) is 5.98. The molecule has 162 valence electrons. The Hall–Kier alpha value is -3.70. The van der Waals surface area contributed by atoms with Crippen LogP contribution in [0.2, 0.25) is 0 Å². The van der Waals surface area contributed by atoms with E-state index in [0.29, 0.717) is 23.7 Å². The van der Waals surface area contributed by atoms with Crippen LogP contribution in [0.1, 0.15) is 13.3 Å². The highest BCUT2D eigenvalue weighted by atomic mass is 28.4. The summed E-state index contributed by atoms with van der Waals surface area (Å²) < 4.78 is 26.2. The zero-order valence-corrected chi connectivity index (χ0v) is 19.0. The lowest BCUT2D eigenvalue weighted by Gasteiger charge is -2.35. The lowest BCUT2D eigenvalue weighted by molar-refractivity contribution is 0.151. The highest BCUT2D eigenvalue weighted by Gasteiger charge is 2.59. The second kappa shape index (κ2) is 10.6. The predicted octanol–water partition coefficient (Wildman–Crippen LogP) is 6.56. The van der Waals surface area contributed by atoms with Crippen LogP contribution in [0.15, 0.2) is 121 Å². The molecule has 32 heavy (non-hydrogen) atoms. The van der Waals surface area contributed by atoms with Gasteiger partial charge in [0.05, 0.1) is 0 Å². The number of benzene rings is 4. The topological polar surface area (TPSA) is 36.9 Å². The Morgan fingerprint density at radius 2 is 0.812 bits per heavy atom. The maximum atomic E-state index is 6.60. The molecule has 0 amide bonds. The van der Waals surface area contributed by atoms with Crippen molar-refractivity contribution in [2.45, 2.75) is 19.1 Å². The van der Waals surface area contributed by atoms with Gasteiger partial charge in [-0.3, -0.25) is 0 Å². The first kappa shape index (κ1) is 21.5. The molecule has 0 aliphatic carbocycles. The molecule has 0 aliphatic heterocycles. The Bertz CT molecular complexity index is 958. The van der Waals surface area contributed by atoms with Crippen LogP contribution in [0.3, 0.4) is 0 Å². The third-order valence-electron chi connectivity index (χ3n) is 4.80. The molecule has 4 aromatic rings. The molecule has 0 saturated heterocycles. The van der Waals surface area contributed by atoms with Gasteiger partial charge in [-0.25, -0.2) is 0 Å². The summed E-state index contributed by atoms with van der Waals surface area (Å²) >= 11 is 0. The lowest BCUT2D eigenvalue weighted by atomic mass is 10.3. The highest BCUT2D eigenvalue weighted by molar-refractivity contribution is 6.64. The molecule has 4 nitrogen and oxygen atoms in total. The molecule has 0 spiro atoms. The first-order chi connectivity index (χ1) is 15.8. The van der Waals surface area contributed by atoms with E-state index in [0.717, 1.165) is 5.75 Å². The molecule has 1 atom stereocenters. The smallest absolute Gasteiger partial charge is 0.482 e. The van der Waals surface area contributed by atoms with Crippen LogP contribution in [-0.4, -0.2) is 14.5 Å². The lowest BCUT2D eigenvalue weighted by Crippen LogP contribution is -2.65. The standard InChI is InChI=1S/C27H26O4Si/c1-2-27(28-23-15-7-3-8-16-23)32(29-24-17-9-4-10-18-24,30-25-19-11-5-12-20-25)31-26-21-13-6-14-22-26/h3-22,27H,2H2,1H3. The van der Waals surface area contributed by atoms with Crippen molar-refractivity contribution < 1.29 is 18.0 Å². The quantitative estimate of drug-likeness (QED) is 0.261. The van der Waals surface area contributed by atoms with E-state index in [1.807, 2.05) is 128 Å². The van der Waals surface area contributed by atoms with Gasteiger partial charge in [-0.05, 0) is 55.0 Å². The second-order valence-electron chi connectivity index (χ2n) is 7.18. The summed E-state index contributed by atoms with van der Waals surface area (Å²) in [6.45, 7) is 2.05. The van der Waals surface area contributed by atoms with Gasteiger partial charge in [0.15, 0.2) is 0 Å². The molecule has 1 unspecified atom stereocenters. The summed E-state index contributed by atoms with van der Waals surface area (Å²) in [5, 5.41) is 0. The zero-order valence-electron chi connectivity index (χ0n) is 18.0. The van der Waals surface area contributed by atoms with Crippen LogP contribution >= 0.6 is 0 Å². The van der Waals surface area contributed by atoms with Gasteiger partial charge in [-0.15, -0.1) is 0 Å². The number of hydrogen-bond donors (Lipinski definition) is 0. The third-order valence-corrected chi connectivity index (χ3v) is 7.67. The van der Waals surface area contributed by atoms with E-state index in [-0.39, 0.29) is 0 Å². The third kappa shape index (κ3) is 5.50. The van der Waals surface area contributed by atoms with Gasteiger partial charge in [0.2, 0.25) is 5.73 Å². The number of rotatable bonds is 10. The van der Waals surface area contributed by atoms with E-state index in [1.165, 1.54) is 0 Å². The average Bonchev–Trinajstić information content (AvgIpc) is 2.85. The van der Waals surface area contributed by atoms with E-state index in [4.69, 9.17) is 18.0 Å². The van der Waals surface area contributed by atoms with Crippen molar-refractivity contribution >= 4 is 8.80 Å². The molecule has 0 aliphatic rings. The van der Waals surface area contributed by atoms with E-state index < -0.39 is 14.5 Å². The van der Waals surface area contributed by atoms with E-state index in [1.54, 1.807) is 0 Å². The van der Waals surface area contributed by atoms with Crippen molar-refractivity contribution in [3.8, 4) is 23.0 Å². The van der Waals surface area contributed by atoms with Crippen LogP contribution in [0.4, 0.5) is 0 Å². The second-order valence-corrected chi connectivity index (χ2v) is 9.64. The molecule has 0 saturated carbocycles. The average molecular weight is 443 g/mol. The fourth-order valence-electron chi connectivity index (χ4n) is 3.29. The first-order valence-electron chi connectivity index (χ1n) is 10.7. The van der Waals surface area contributed by atoms with Crippen LogP contribution in [0.5, 0.6) is 23.0 Å². The largest absolute Gasteiger partial charge is 0.742 e. The van der Waals surface area contributed by atoms with Gasteiger partial charge in [-0.2, -0.15) is 0 Å². The predicted molar refractivity (Wildman–Crippen MR) is 128 cm³/mol. The van der Waals surface area contributed by atoms with Crippen molar-refractivity contribution in [2.75, 3.05) is 0 Å². The van der Waals surface area contributed by atoms with Gasteiger partial charge >= 0.3 is 8.80 Å². The minimum Gasteiger partial charge on any atom is -0.482 e. The van der Waals surface area contributed by atoms with E-state index >= 15 is 0 Å². The normalized spacial score (nSPS) is 11.9.